The van der Waals surface area contributed by atoms with Crippen molar-refractivity contribution in [3.05, 3.63) is 114 Å². The van der Waals surface area contributed by atoms with Crippen molar-refractivity contribution in [1.29, 1.82) is 0 Å². The second-order valence-corrected chi connectivity index (χ2v) is 9.86. The lowest BCUT2D eigenvalue weighted by Gasteiger charge is -2.22. The number of allylic oxidation sites excluding steroid dienone is 2. The molecule has 5 rings (SSSR count). The van der Waals surface area contributed by atoms with Gasteiger partial charge in [0.15, 0.2) is 0 Å². The van der Waals surface area contributed by atoms with Crippen molar-refractivity contribution < 1.29 is 9.53 Å². The average Bonchev–Trinajstić information content (AvgIpc) is 3.33. The molecule has 1 heterocycles. The molecule has 0 spiro atoms. The Morgan fingerprint density at radius 1 is 1.00 bits per heavy atom. The maximum atomic E-state index is 12.7. The van der Waals surface area contributed by atoms with Gasteiger partial charge in [-0.3, -0.25) is 4.79 Å². The van der Waals surface area contributed by atoms with Gasteiger partial charge in [0, 0.05) is 35.0 Å². The number of nitrogen functional groups attached to an aromatic ring is 1. The van der Waals surface area contributed by atoms with Crippen molar-refractivity contribution in [2.45, 2.75) is 51.4 Å². The number of H-pyrrole nitrogens is 1. The van der Waals surface area contributed by atoms with Gasteiger partial charge >= 0.3 is 0 Å². The van der Waals surface area contributed by atoms with E-state index in [1.165, 1.54) is 18.4 Å². The van der Waals surface area contributed by atoms with Gasteiger partial charge in [-0.05, 0) is 85.6 Å². The fourth-order valence-corrected chi connectivity index (χ4v) is 5.15. The largest absolute Gasteiger partial charge is 0.462 e. The number of aromatic nitrogens is 1. The summed E-state index contributed by atoms with van der Waals surface area (Å²) in [6.07, 6.45) is 10.4. The van der Waals surface area contributed by atoms with Gasteiger partial charge in [-0.15, -0.1) is 0 Å². The molecule has 0 bridgehead atoms. The minimum absolute atomic E-state index is 0.132. The van der Waals surface area contributed by atoms with E-state index in [9.17, 15) is 4.79 Å². The summed E-state index contributed by atoms with van der Waals surface area (Å²) in [6.45, 7) is 2.21. The monoisotopic (exact) mass is 505 g/mol. The van der Waals surface area contributed by atoms with Crippen molar-refractivity contribution in [1.82, 2.24) is 4.98 Å². The summed E-state index contributed by atoms with van der Waals surface area (Å²) >= 11 is 0. The fraction of sp³-hybridized carbons (Fsp3) is 0.242. The van der Waals surface area contributed by atoms with Crippen LogP contribution in [0.5, 0.6) is 5.75 Å². The van der Waals surface area contributed by atoms with E-state index in [4.69, 9.17) is 10.5 Å². The SMILES string of the molecule is CCC(Cc1c(-c2ccc(C(=O)Nc3ccccc3)cc2)c[nH]c1N)c1ccccc1OC1=CCCCC1. The van der Waals surface area contributed by atoms with Crippen LogP contribution in [0.25, 0.3) is 11.1 Å². The van der Waals surface area contributed by atoms with E-state index in [1.807, 2.05) is 66.9 Å². The Kier molecular flexibility index (Phi) is 7.93. The van der Waals surface area contributed by atoms with Crippen molar-refractivity contribution in [3.63, 3.8) is 0 Å². The molecule has 0 saturated carbocycles. The standard InChI is InChI=1S/C33H35N3O2/c1-2-23(28-15-9-10-16-31(28)38-27-13-7-4-8-14-27)21-29-30(22-35-32(29)34)24-17-19-25(20-18-24)33(37)36-26-11-5-3-6-12-26/h3,5-6,9-13,15-20,22-23,35H,2,4,7-8,14,21,34H2,1H3,(H,36,37). The van der Waals surface area contributed by atoms with Crippen LogP contribution >= 0.6 is 0 Å². The molecule has 1 aliphatic rings. The van der Waals surface area contributed by atoms with E-state index in [-0.39, 0.29) is 11.8 Å². The first-order chi connectivity index (χ1) is 18.6. The number of hydrogen-bond acceptors (Lipinski definition) is 3. The number of hydrogen-bond donors (Lipinski definition) is 3. The van der Waals surface area contributed by atoms with Crippen molar-refractivity contribution in [2.24, 2.45) is 0 Å². The van der Waals surface area contributed by atoms with E-state index < -0.39 is 0 Å². The van der Waals surface area contributed by atoms with E-state index >= 15 is 0 Å². The Labute approximate surface area is 224 Å². The van der Waals surface area contributed by atoms with Crippen molar-refractivity contribution in [2.75, 3.05) is 11.1 Å². The van der Waals surface area contributed by atoms with Gasteiger partial charge in [0.05, 0.1) is 0 Å². The summed E-state index contributed by atoms with van der Waals surface area (Å²) in [5.74, 6) is 2.82. The number of ether oxygens (including phenoxy) is 1. The van der Waals surface area contributed by atoms with Crippen LogP contribution in [-0.2, 0) is 6.42 Å². The fourth-order valence-electron chi connectivity index (χ4n) is 5.15. The van der Waals surface area contributed by atoms with Gasteiger partial charge in [0.2, 0.25) is 0 Å². The molecule has 4 N–H and O–H groups in total. The lowest BCUT2D eigenvalue weighted by Crippen LogP contribution is -2.11. The molecule has 5 nitrogen and oxygen atoms in total. The molecule has 4 aromatic rings. The molecule has 5 heteroatoms. The zero-order valence-electron chi connectivity index (χ0n) is 21.9. The molecule has 38 heavy (non-hydrogen) atoms. The molecule has 1 aliphatic carbocycles. The number of anilines is 2. The molecule has 0 aliphatic heterocycles. The minimum atomic E-state index is -0.132. The number of amides is 1. The first-order valence-electron chi connectivity index (χ1n) is 13.5. The molecule has 1 amide bonds. The quantitative estimate of drug-likeness (QED) is 0.215. The number of nitrogens with two attached hydrogens (primary N) is 1. The highest BCUT2D eigenvalue weighted by Crippen LogP contribution is 2.38. The molecule has 0 fully saturated rings. The van der Waals surface area contributed by atoms with Gasteiger partial charge in [-0.2, -0.15) is 0 Å². The van der Waals surface area contributed by atoms with Crippen molar-refractivity contribution >= 4 is 17.4 Å². The summed E-state index contributed by atoms with van der Waals surface area (Å²) in [6, 6.07) is 25.5. The summed E-state index contributed by atoms with van der Waals surface area (Å²) < 4.78 is 6.40. The normalized spacial score (nSPS) is 14.0. The first kappa shape index (κ1) is 25.4. The second-order valence-electron chi connectivity index (χ2n) is 9.86. The predicted molar refractivity (Wildman–Crippen MR) is 155 cm³/mol. The predicted octanol–water partition coefficient (Wildman–Crippen LogP) is 8.09. The van der Waals surface area contributed by atoms with E-state index in [2.05, 4.69) is 41.5 Å². The maximum Gasteiger partial charge on any atom is 0.255 e. The number of rotatable bonds is 9. The molecular weight excluding hydrogens is 470 g/mol. The highest BCUT2D eigenvalue weighted by atomic mass is 16.5. The lowest BCUT2D eigenvalue weighted by molar-refractivity contribution is 0.102. The highest BCUT2D eigenvalue weighted by molar-refractivity contribution is 6.04. The van der Waals surface area contributed by atoms with Gasteiger partial charge < -0.3 is 20.8 Å². The molecule has 0 saturated heterocycles. The van der Waals surface area contributed by atoms with Gasteiger partial charge in [-0.25, -0.2) is 0 Å². The van der Waals surface area contributed by atoms with Crippen LogP contribution in [0.2, 0.25) is 0 Å². The van der Waals surface area contributed by atoms with Crippen LogP contribution in [0.3, 0.4) is 0 Å². The van der Waals surface area contributed by atoms with Crippen LogP contribution < -0.4 is 15.8 Å². The molecular formula is C33H35N3O2. The highest BCUT2D eigenvalue weighted by Gasteiger charge is 2.21. The van der Waals surface area contributed by atoms with Gasteiger partial charge in [0.1, 0.15) is 17.3 Å². The zero-order valence-corrected chi connectivity index (χ0v) is 21.9. The lowest BCUT2D eigenvalue weighted by atomic mass is 9.87. The third-order valence-corrected chi connectivity index (χ3v) is 7.30. The number of aromatic amines is 1. The van der Waals surface area contributed by atoms with E-state index in [1.54, 1.807) is 0 Å². The number of carbonyl (C=O) groups excluding carboxylic acids is 1. The van der Waals surface area contributed by atoms with Gasteiger partial charge in [0.25, 0.3) is 5.91 Å². The van der Waals surface area contributed by atoms with Crippen LogP contribution in [0.4, 0.5) is 11.5 Å². The van der Waals surface area contributed by atoms with Crippen LogP contribution in [0, 0.1) is 0 Å². The Bertz CT molecular complexity index is 1400. The summed E-state index contributed by atoms with van der Waals surface area (Å²) in [5.41, 5.74) is 12.2. The zero-order chi connectivity index (χ0) is 26.3. The van der Waals surface area contributed by atoms with Crippen LogP contribution in [0.15, 0.2) is 96.9 Å². The van der Waals surface area contributed by atoms with Crippen molar-refractivity contribution in [3.8, 4) is 16.9 Å². The second kappa shape index (κ2) is 11.9. The molecule has 1 aromatic heterocycles. The Balaban J connectivity index is 1.36. The Morgan fingerprint density at radius 3 is 2.50 bits per heavy atom. The number of nitrogens with one attached hydrogen (secondary N) is 2. The van der Waals surface area contributed by atoms with E-state index in [0.717, 1.165) is 59.6 Å². The number of carbonyl (C=O) groups is 1. The third-order valence-electron chi connectivity index (χ3n) is 7.30. The van der Waals surface area contributed by atoms with Crippen LogP contribution in [0.1, 0.15) is 66.4 Å². The van der Waals surface area contributed by atoms with Crippen LogP contribution in [-0.4, -0.2) is 10.9 Å². The average molecular weight is 506 g/mol. The summed E-state index contributed by atoms with van der Waals surface area (Å²) in [7, 11) is 0. The Morgan fingerprint density at radius 2 is 1.76 bits per heavy atom. The number of para-hydroxylation sites is 2. The smallest absolute Gasteiger partial charge is 0.255 e. The van der Waals surface area contributed by atoms with E-state index in [0.29, 0.717) is 11.4 Å². The molecule has 3 aromatic carbocycles. The molecule has 194 valence electrons. The summed E-state index contributed by atoms with van der Waals surface area (Å²) in [5, 5.41) is 2.94. The molecule has 1 unspecified atom stereocenters. The molecule has 0 radical (unpaired) electrons. The van der Waals surface area contributed by atoms with Gasteiger partial charge in [-0.1, -0.05) is 55.5 Å². The Hall–Kier alpha value is -4.25. The maximum absolute atomic E-state index is 12.7. The minimum Gasteiger partial charge on any atom is -0.462 e. The first-order valence-corrected chi connectivity index (χ1v) is 13.5. The summed E-state index contributed by atoms with van der Waals surface area (Å²) in [4.78, 5) is 15.9. The molecule has 1 atom stereocenters. The number of benzene rings is 3. The third kappa shape index (κ3) is 5.83. The topological polar surface area (TPSA) is 80.1 Å².